The van der Waals surface area contributed by atoms with Gasteiger partial charge in [0.1, 0.15) is 12.6 Å². The van der Waals surface area contributed by atoms with Crippen LogP contribution in [0.1, 0.15) is 49.0 Å². The van der Waals surface area contributed by atoms with Crippen molar-refractivity contribution in [2.75, 3.05) is 51.3 Å². The van der Waals surface area contributed by atoms with Gasteiger partial charge in [0.25, 0.3) is 0 Å². The molecule has 0 aliphatic carbocycles. The zero-order valence-electron chi connectivity index (χ0n) is 21.4. The second kappa shape index (κ2) is 10.1. The summed E-state index contributed by atoms with van der Waals surface area (Å²) in [6, 6.07) is 4.05. The Morgan fingerprint density at radius 1 is 1.25 bits per heavy atom. The number of primary amides is 1. The highest BCUT2D eigenvalue weighted by Crippen LogP contribution is 2.39. The summed E-state index contributed by atoms with van der Waals surface area (Å²) in [5.41, 5.74) is 16.3. The number of ether oxygens (including phenoxy) is 1. The van der Waals surface area contributed by atoms with Crippen LogP contribution in [0.15, 0.2) is 23.3 Å². The predicted molar refractivity (Wildman–Crippen MR) is 135 cm³/mol. The molecule has 4 rings (SSSR count). The van der Waals surface area contributed by atoms with E-state index >= 15 is 0 Å². The molecule has 11 heteroatoms. The molecular weight excluding hydrogens is 462 g/mol. The van der Waals surface area contributed by atoms with Gasteiger partial charge in [-0.1, -0.05) is 25.9 Å². The molecular formula is C25H35N7O4. The quantitative estimate of drug-likeness (QED) is 0.361. The van der Waals surface area contributed by atoms with Gasteiger partial charge in [-0.2, -0.15) is 0 Å². The smallest absolute Gasteiger partial charge is 0.249 e. The number of fused-ring (bicyclic) bond motifs is 1. The molecule has 0 radical (unpaired) electrons. The Hall–Kier alpha value is -3.14. The molecule has 0 bridgehead atoms. The second-order valence-corrected chi connectivity index (χ2v) is 11.2. The van der Waals surface area contributed by atoms with Crippen LogP contribution in [-0.2, 0) is 14.3 Å². The molecule has 11 nitrogen and oxygen atoms in total. The van der Waals surface area contributed by atoms with Crippen LogP contribution in [0, 0.1) is 5.41 Å². The van der Waals surface area contributed by atoms with E-state index in [1.807, 2.05) is 32.9 Å². The van der Waals surface area contributed by atoms with Gasteiger partial charge in [-0.05, 0) is 48.2 Å². The van der Waals surface area contributed by atoms with Gasteiger partial charge in [-0.3, -0.25) is 14.4 Å². The largest absolute Gasteiger partial charge is 0.369 e. The van der Waals surface area contributed by atoms with Crippen molar-refractivity contribution >= 4 is 23.3 Å². The van der Waals surface area contributed by atoms with E-state index in [1.54, 1.807) is 6.07 Å². The fraction of sp³-hybridized carbons (Fsp3) is 0.640. The van der Waals surface area contributed by atoms with Crippen LogP contribution in [0.4, 0.5) is 5.69 Å². The average Bonchev–Trinajstić information content (AvgIpc) is 3.37. The average molecular weight is 498 g/mol. The van der Waals surface area contributed by atoms with Crippen LogP contribution in [0.25, 0.3) is 10.4 Å². The Morgan fingerprint density at radius 3 is 2.56 bits per heavy atom. The van der Waals surface area contributed by atoms with Crippen LogP contribution >= 0.6 is 0 Å². The number of likely N-dealkylation sites (N-methyl/N-ethyl adjacent to an activating group) is 1. The van der Waals surface area contributed by atoms with Crippen LogP contribution in [0.5, 0.6) is 0 Å². The molecule has 0 saturated carbocycles. The molecule has 3 saturated heterocycles. The maximum absolute atomic E-state index is 14.2. The molecule has 3 aliphatic rings. The Labute approximate surface area is 211 Å². The van der Waals surface area contributed by atoms with Crippen molar-refractivity contribution < 1.29 is 19.1 Å². The summed E-state index contributed by atoms with van der Waals surface area (Å²) in [7, 11) is 2.08. The lowest BCUT2D eigenvalue weighted by Gasteiger charge is -2.35. The minimum absolute atomic E-state index is 0.0919. The Morgan fingerprint density at radius 2 is 1.94 bits per heavy atom. The Balaban J connectivity index is 1.75. The first-order valence-corrected chi connectivity index (χ1v) is 12.4. The lowest BCUT2D eigenvalue weighted by atomic mass is 9.79. The molecule has 0 spiro atoms. The fourth-order valence-electron chi connectivity index (χ4n) is 5.49. The fourth-order valence-corrected chi connectivity index (χ4v) is 5.49. The van der Waals surface area contributed by atoms with E-state index in [9.17, 15) is 14.4 Å². The topological polar surface area (TPSA) is 145 Å². The summed E-state index contributed by atoms with van der Waals surface area (Å²) in [6.45, 7) is 9.55. The minimum Gasteiger partial charge on any atom is -0.369 e. The number of nitrogens with two attached hydrogens (primary N) is 1. The number of ketones is 1. The highest BCUT2D eigenvalue weighted by Gasteiger charge is 2.53. The van der Waals surface area contributed by atoms with E-state index in [0.717, 1.165) is 31.9 Å². The molecule has 36 heavy (non-hydrogen) atoms. The normalized spacial score (nSPS) is 25.4. The predicted octanol–water partition coefficient (Wildman–Crippen LogP) is 1.91. The third kappa shape index (κ3) is 5.18. The molecule has 2 amide bonds. The number of rotatable bonds is 6. The van der Waals surface area contributed by atoms with Gasteiger partial charge in [0.2, 0.25) is 11.8 Å². The van der Waals surface area contributed by atoms with Crippen molar-refractivity contribution in [1.29, 1.82) is 0 Å². The summed E-state index contributed by atoms with van der Waals surface area (Å²) in [6.07, 6.45) is -0.215. The van der Waals surface area contributed by atoms with E-state index in [1.165, 1.54) is 4.90 Å². The summed E-state index contributed by atoms with van der Waals surface area (Å²) < 4.78 is 5.60. The highest BCUT2D eigenvalue weighted by molar-refractivity contribution is 5.99. The molecule has 1 aromatic carbocycles. The molecule has 0 aromatic heterocycles. The van der Waals surface area contributed by atoms with Crippen molar-refractivity contribution in [3.05, 3.63) is 39.8 Å². The number of hydrogen-bond acceptors (Lipinski definition) is 7. The number of nitrogens with zero attached hydrogens (tertiary/aromatic N) is 6. The molecule has 3 heterocycles. The van der Waals surface area contributed by atoms with Crippen LogP contribution < -0.4 is 10.6 Å². The molecule has 3 fully saturated rings. The molecule has 2 N–H and O–H groups in total. The summed E-state index contributed by atoms with van der Waals surface area (Å²) in [4.78, 5) is 48.2. The molecule has 0 unspecified atom stereocenters. The molecule has 4 atom stereocenters. The zero-order chi connectivity index (χ0) is 26.2. The monoisotopic (exact) mass is 497 g/mol. The van der Waals surface area contributed by atoms with Crippen LogP contribution in [0.3, 0.4) is 0 Å². The number of Topliss-reactive ketones (excluding diaryl/α,β-unsaturated/α-hetero) is 1. The highest BCUT2D eigenvalue weighted by atomic mass is 16.5. The first kappa shape index (κ1) is 25.9. The summed E-state index contributed by atoms with van der Waals surface area (Å²) in [5, 5.41) is 3.79. The van der Waals surface area contributed by atoms with Crippen molar-refractivity contribution in [3.63, 3.8) is 0 Å². The minimum atomic E-state index is -0.798. The van der Waals surface area contributed by atoms with Gasteiger partial charge in [-0.25, -0.2) is 0 Å². The Kier molecular flexibility index (Phi) is 7.26. The number of anilines is 1. The number of carbonyl (C=O) groups excluding carboxylic acids is 3. The molecule has 194 valence electrons. The third-order valence-corrected chi connectivity index (χ3v) is 7.30. The maximum atomic E-state index is 14.2. The first-order chi connectivity index (χ1) is 17.0. The number of benzene rings is 1. The van der Waals surface area contributed by atoms with Gasteiger partial charge in [0, 0.05) is 48.9 Å². The van der Waals surface area contributed by atoms with Gasteiger partial charge in [0.05, 0.1) is 18.1 Å². The van der Waals surface area contributed by atoms with Crippen molar-refractivity contribution in [2.45, 2.75) is 51.3 Å². The molecule has 1 aromatic rings. The van der Waals surface area contributed by atoms with Gasteiger partial charge in [-0.15, -0.1) is 0 Å². The van der Waals surface area contributed by atoms with E-state index in [2.05, 4.69) is 26.9 Å². The zero-order valence-corrected chi connectivity index (χ0v) is 21.4. The first-order valence-electron chi connectivity index (χ1n) is 12.4. The van der Waals surface area contributed by atoms with E-state index in [0.29, 0.717) is 17.5 Å². The number of amides is 2. The number of azide groups is 1. The number of piperazine rings is 1. The van der Waals surface area contributed by atoms with Crippen LogP contribution in [-0.4, -0.2) is 92.0 Å². The SMILES string of the molecule is CN1CCN(c2ccc(C(N)=O)c([C@H](CC(C)(C)C)C(=O)N3C[C@@H](N=[N+]=[N-])[C@H]4OCC(=O)[C@H]43)c2)CC1. The van der Waals surface area contributed by atoms with E-state index in [4.69, 9.17) is 16.0 Å². The van der Waals surface area contributed by atoms with Gasteiger partial charge >= 0.3 is 0 Å². The number of carbonyl (C=O) groups is 3. The van der Waals surface area contributed by atoms with Crippen molar-refractivity contribution in [1.82, 2.24) is 9.80 Å². The lowest BCUT2D eigenvalue weighted by Crippen LogP contribution is -2.45. The molecule has 3 aliphatic heterocycles. The maximum Gasteiger partial charge on any atom is 0.249 e. The summed E-state index contributed by atoms with van der Waals surface area (Å²) >= 11 is 0. The summed E-state index contributed by atoms with van der Waals surface area (Å²) in [5.74, 6) is -1.81. The van der Waals surface area contributed by atoms with E-state index in [-0.39, 0.29) is 30.3 Å². The standard InChI is InChI=1S/C25H35N7O4/c1-25(2,3)12-18(24(35)32-13-19(28-29-27)22-21(32)20(33)14-36-22)17-11-15(5-6-16(17)23(26)34)31-9-7-30(4)8-10-31/h5-6,11,18-19,21-22H,7-10,12-14H2,1-4H3,(H2,26,34)/t18-,19+,21+,22+/m0/s1. The van der Waals surface area contributed by atoms with Crippen molar-refractivity contribution in [2.24, 2.45) is 16.3 Å². The third-order valence-electron chi connectivity index (χ3n) is 7.30. The van der Waals surface area contributed by atoms with Crippen molar-refractivity contribution in [3.8, 4) is 0 Å². The number of likely N-dealkylation sites (tertiary alicyclic amines) is 1. The van der Waals surface area contributed by atoms with E-state index < -0.39 is 30.0 Å². The van der Waals surface area contributed by atoms with Gasteiger partial charge < -0.3 is 25.2 Å². The van der Waals surface area contributed by atoms with Gasteiger partial charge in [0.15, 0.2) is 5.78 Å². The number of hydrogen-bond donors (Lipinski definition) is 1. The lowest BCUT2D eigenvalue weighted by molar-refractivity contribution is -0.138. The Bertz CT molecular complexity index is 1090. The van der Waals surface area contributed by atoms with Crippen LogP contribution in [0.2, 0.25) is 0 Å². The second-order valence-electron chi connectivity index (χ2n) is 11.2.